The molecule has 0 aromatic heterocycles. The highest BCUT2D eigenvalue weighted by molar-refractivity contribution is 5.89. The van der Waals surface area contributed by atoms with E-state index in [4.69, 9.17) is 4.74 Å². The van der Waals surface area contributed by atoms with Gasteiger partial charge in [0, 0.05) is 33.3 Å². The van der Waals surface area contributed by atoms with Crippen molar-refractivity contribution >= 4 is 11.8 Å². The second-order valence-electron chi connectivity index (χ2n) is 8.43. The molecule has 1 aliphatic carbocycles. The maximum atomic E-state index is 13.3. The molecular formula is C21H27FN2O3. The normalized spacial score (nSPS) is 26.7. The summed E-state index contributed by atoms with van der Waals surface area (Å²) in [5, 5.41) is 0. The molecule has 4 rings (SSSR count). The number of halogens is 1. The van der Waals surface area contributed by atoms with Gasteiger partial charge in [-0.2, -0.15) is 0 Å². The van der Waals surface area contributed by atoms with Crippen LogP contribution in [0.4, 0.5) is 4.39 Å². The number of amides is 2. The van der Waals surface area contributed by atoms with Gasteiger partial charge in [-0.1, -0.05) is 12.1 Å². The van der Waals surface area contributed by atoms with Crippen molar-refractivity contribution in [3.8, 4) is 0 Å². The fourth-order valence-corrected chi connectivity index (χ4v) is 4.72. The van der Waals surface area contributed by atoms with Crippen LogP contribution in [0.5, 0.6) is 0 Å². The lowest BCUT2D eigenvalue weighted by Crippen LogP contribution is -2.50. The van der Waals surface area contributed by atoms with Crippen molar-refractivity contribution in [1.82, 2.24) is 9.80 Å². The fourth-order valence-electron chi connectivity index (χ4n) is 4.72. The third-order valence-electron chi connectivity index (χ3n) is 6.48. The number of nitrogens with zero attached hydrogens (tertiary/aromatic N) is 2. The van der Waals surface area contributed by atoms with Crippen LogP contribution in [-0.2, 0) is 20.9 Å². The Labute approximate surface area is 159 Å². The van der Waals surface area contributed by atoms with Gasteiger partial charge in [0.05, 0.1) is 17.4 Å². The summed E-state index contributed by atoms with van der Waals surface area (Å²) in [6.07, 6.45) is 4.28. The Balaban J connectivity index is 1.44. The molecule has 1 atom stereocenters. The number of rotatable bonds is 5. The van der Waals surface area contributed by atoms with Crippen LogP contribution in [0.15, 0.2) is 24.3 Å². The number of hydrogen-bond donors (Lipinski definition) is 0. The number of benzene rings is 1. The smallest absolute Gasteiger partial charge is 0.231 e. The SMILES string of the molecule is COCC1(C(=O)N2CC[C@]3(CCCN(Cc4ccc(F)cc4)C3=O)C2)CC1. The van der Waals surface area contributed by atoms with Gasteiger partial charge in [0.2, 0.25) is 11.8 Å². The highest BCUT2D eigenvalue weighted by Gasteiger charge is 2.56. The molecule has 146 valence electrons. The van der Waals surface area contributed by atoms with Crippen molar-refractivity contribution in [1.29, 1.82) is 0 Å². The molecule has 2 saturated heterocycles. The molecule has 0 bridgehead atoms. The summed E-state index contributed by atoms with van der Waals surface area (Å²) in [5.74, 6) is 0.0323. The molecule has 2 amide bonds. The summed E-state index contributed by atoms with van der Waals surface area (Å²) >= 11 is 0. The van der Waals surface area contributed by atoms with Gasteiger partial charge in [0.15, 0.2) is 0 Å². The standard InChI is InChI=1S/C21H27FN2O3/c1-27-15-21(8-9-21)19(26)24-12-10-20(14-24)7-2-11-23(18(20)25)13-16-3-5-17(22)6-4-16/h3-6H,2,7-15H2,1H3/t20-/m1/s1. The number of likely N-dealkylation sites (tertiary alicyclic amines) is 2. The minimum Gasteiger partial charge on any atom is -0.384 e. The third kappa shape index (κ3) is 3.35. The van der Waals surface area contributed by atoms with Crippen LogP contribution in [0.2, 0.25) is 0 Å². The number of ether oxygens (including phenoxy) is 1. The lowest BCUT2D eigenvalue weighted by atomic mass is 9.78. The summed E-state index contributed by atoms with van der Waals surface area (Å²) in [6.45, 7) is 2.87. The van der Waals surface area contributed by atoms with E-state index in [-0.39, 0.29) is 23.0 Å². The fraction of sp³-hybridized carbons (Fsp3) is 0.619. The Kier molecular flexibility index (Phi) is 4.70. The molecule has 6 heteroatoms. The first-order valence-electron chi connectivity index (χ1n) is 9.80. The second-order valence-corrected chi connectivity index (χ2v) is 8.43. The quantitative estimate of drug-likeness (QED) is 0.796. The summed E-state index contributed by atoms with van der Waals surface area (Å²) in [5.41, 5.74) is 0.146. The summed E-state index contributed by atoms with van der Waals surface area (Å²) < 4.78 is 18.4. The topological polar surface area (TPSA) is 49.9 Å². The van der Waals surface area contributed by atoms with Crippen LogP contribution in [-0.4, -0.2) is 55.0 Å². The van der Waals surface area contributed by atoms with E-state index < -0.39 is 5.41 Å². The van der Waals surface area contributed by atoms with E-state index in [0.29, 0.717) is 26.2 Å². The van der Waals surface area contributed by atoms with Gasteiger partial charge >= 0.3 is 0 Å². The van der Waals surface area contributed by atoms with Gasteiger partial charge in [-0.25, -0.2) is 4.39 Å². The van der Waals surface area contributed by atoms with Gasteiger partial charge in [-0.3, -0.25) is 9.59 Å². The van der Waals surface area contributed by atoms with Gasteiger partial charge in [0.1, 0.15) is 5.82 Å². The molecule has 1 aromatic carbocycles. The maximum Gasteiger partial charge on any atom is 0.231 e. The van der Waals surface area contributed by atoms with E-state index in [2.05, 4.69) is 0 Å². The van der Waals surface area contributed by atoms with E-state index in [1.807, 2.05) is 9.80 Å². The number of piperidine rings is 1. The van der Waals surface area contributed by atoms with Crippen molar-refractivity contribution < 1.29 is 18.7 Å². The molecule has 2 aliphatic heterocycles. The number of methoxy groups -OCH3 is 1. The van der Waals surface area contributed by atoms with E-state index in [0.717, 1.165) is 44.2 Å². The average Bonchev–Trinajstić information content (AvgIpc) is 3.33. The lowest BCUT2D eigenvalue weighted by molar-refractivity contribution is -0.147. The molecular weight excluding hydrogens is 347 g/mol. The van der Waals surface area contributed by atoms with Crippen LogP contribution < -0.4 is 0 Å². The van der Waals surface area contributed by atoms with Crippen LogP contribution in [0.1, 0.15) is 37.7 Å². The molecule has 5 nitrogen and oxygen atoms in total. The molecule has 1 spiro atoms. The van der Waals surface area contributed by atoms with Crippen LogP contribution in [0.3, 0.4) is 0 Å². The molecule has 1 aromatic rings. The van der Waals surface area contributed by atoms with Gasteiger partial charge in [-0.05, 0) is 49.8 Å². The van der Waals surface area contributed by atoms with Crippen LogP contribution >= 0.6 is 0 Å². The third-order valence-corrected chi connectivity index (χ3v) is 6.48. The summed E-state index contributed by atoms with van der Waals surface area (Å²) in [6, 6.07) is 6.33. The van der Waals surface area contributed by atoms with Gasteiger partial charge in [-0.15, -0.1) is 0 Å². The lowest BCUT2D eigenvalue weighted by Gasteiger charge is -2.39. The zero-order valence-corrected chi connectivity index (χ0v) is 15.9. The first-order valence-corrected chi connectivity index (χ1v) is 9.80. The van der Waals surface area contributed by atoms with E-state index in [9.17, 15) is 14.0 Å². The Bertz CT molecular complexity index is 731. The van der Waals surface area contributed by atoms with Crippen molar-refractivity contribution in [2.45, 2.75) is 38.6 Å². The molecule has 3 aliphatic rings. The minimum absolute atomic E-state index is 0.143. The Morgan fingerprint density at radius 2 is 1.89 bits per heavy atom. The first kappa shape index (κ1) is 18.4. The zero-order chi connectivity index (χ0) is 19.1. The Morgan fingerprint density at radius 3 is 2.56 bits per heavy atom. The minimum atomic E-state index is -0.447. The van der Waals surface area contributed by atoms with E-state index in [1.54, 1.807) is 19.2 Å². The van der Waals surface area contributed by atoms with Gasteiger partial charge < -0.3 is 14.5 Å². The Hall–Kier alpha value is -1.95. The maximum absolute atomic E-state index is 13.3. The second kappa shape index (κ2) is 6.89. The predicted octanol–water partition coefficient (Wildman–Crippen LogP) is 2.59. The largest absolute Gasteiger partial charge is 0.384 e. The number of carbonyl (C=O) groups is 2. The van der Waals surface area contributed by atoms with Gasteiger partial charge in [0.25, 0.3) is 0 Å². The van der Waals surface area contributed by atoms with Crippen molar-refractivity contribution in [2.24, 2.45) is 10.8 Å². The predicted molar refractivity (Wildman–Crippen MR) is 98.2 cm³/mol. The van der Waals surface area contributed by atoms with Crippen molar-refractivity contribution in [2.75, 3.05) is 33.4 Å². The molecule has 27 heavy (non-hydrogen) atoms. The number of carbonyl (C=O) groups excluding carboxylic acids is 2. The molecule has 0 unspecified atom stereocenters. The highest BCUT2D eigenvalue weighted by Crippen LogP contribution is 2.49. The van der Waals surface area contributed by atoms with Crippen molar-refractivity contribution in [3.05, 3.63) is 35.6 Å². The van der Waals surface area contributed by atoms with E-state index >= 15 is 0 Å². The summed E-state index contributed by atoms with van der Waals surface area (Å²) in [4.78, 5) is 30.0. The first-order chi connectivity index (χ1) is 13.0. The number of hydrogen-bond acceptors (Lipinski definition) is 3. The van der Waals surface area contributed by atoms with Crippen LogP contribution in [0.25, 0.3) is 0 Å². The molecule has 0 N–H and O–H groups in total. The van der Waals surface area contributed by atoms with Crippen molar-refractivity contribution in [3.63, 3.8) is 0 Å². The summed E-state index contributed by atoms with van der Waals surface area (Å²) in [7, 11) is 1.64. The van der Waals surface area contributed by atoms with E-state index in [1.165, 1.54) is 12.1 Å². The molecule has 2 heterocycles. The monoisotopic (exact) mass is 374 g/mol. The average molecular weight is 374 g/mol. The Morgan fingerprint density at radius 1 is 1.15 bits per heavy atom. The highest BCUT2D eigenvalue weighted by atomic mass is 19.1. The zero-order valence-electron chi connectivity index (χ0n) is 15.9. The molecule has 1 saturated carbocycles. The molecule has 0 radical (unpaired) electrons. The molecule has 3 fully saturated rings. The van der Waals surface area contributed by atoms with Crippen LogP contribution in [0, 0.1) is 16.6 Å².